The molecule has 2 unspecified atom stereocenters. The summed E-state index contributed by atoms with van der Waals surface area (Å²) in [6, 6.07) is 10.4. The molecule has 1 fully saturated rings. The van der Waals surface area contributed by atoms with Crippen molar-refractivity contribution < 1.29 is 9.53 Å². The van der Waals surface area contributed by atoms with Gasteiger partial charge in [-0.05, 0) is 55.9 Å². The average Bonchev–Trinajstić information content (AvgIpc) is 3.35. The number of ether oxygens (including phenoxy) is 1. The molecule has 0 N–H and O–H groups in total. The minimum atomic E-state index is -0.182. The highest BCUT2D eigenvalue weighted by Crippen LogP contribution is 2.37. The maximum atomic E-state index is 13.1. The topological polar surface area (TPSA) is 57.0 Å². The molecular formula is C27H35N3O2. The molecule has 0 bridgehead atoms. The first-order valence-corrected chi connectivity index (χ1v) is 11.8. The molecule has 1 saturated carbocycles. The van der Waals surface area contributed by atoms with E-state index in [0.29, 0.717) is 19.1 Å². The highest BCUT2D eigenvalue weighted by atomic mass is 16.5. The first-order chi connectivity index (χ1) is 15.8. The summed E-state index contributed by atoms with van der Waals surface area (Å²) in [6.45, 7) is 4.61. The number of aromatic nitrogens is 3. The van der Waals surface area contributed by atoms with Crippen LogP contribution in [0.3, 0.4) is 0 Å². The van der Waals surface area contributed by atoms with Crippen LogP contribution in [0.2, 0.25) is 0 Å². The third kappa shape index (κ3) is 7.63. The fourth-order valence-electron chi connectivity index (χ4n) is 4.32. The van der Waals surface area contributed by atoms with Crippen molar-refractivity contribution in [3.8, 4) is 0 Å². The lowest BCUT2D eigenvalue weighted by Gasteiger charge is -2.31. The Kier molecular flexibility index (Phi) is 9.97. The second-order valence-electron chi connectivity index (χ2n) is 8.36. The number of carbonyl (C=O) groups excluding carboxylic acids is 1. The molecule has 2 atom stereocenters. The molecule has 0 aliphatic heterocycles. The summed E-state index contributed by atoms with van der Waals surface area (Å²) < 4.78 is 7.36. The van der Waals surface area contributed by atoms with Gasteiger partial charge < -0.3 is 4.74 Å². The molecule has 1 aromatic carbocycles. The van der Waals surface area contributed by atoms with E-state index in [2.05, 4.69) is 59.4 Å². The highest BCUT2D eigenvalue weighted by Gasteiger charge is 2.30. The van der Waals surface area contributed by atoms with Gasteiger partial charge in [0.15, 0.2) is 0 Å². The molecule has 1 aliphatic rings. The number of hydrogen-bond donors (Lipinski definition) is 0. The summed E-state index contributed by atoms with van der Waals surface area (Å²) in [6.07, 6.45) is 20.5. The zero-order valence-electron chi connectivity index (χ0n) is 18.9. The molecule has 1 heterocycles. The molecule has 0 saturated heterocycles. The van der Waals surface area contributed by atoms with Crippen molar-refractivity contribution in [1.29, 1.82) is 0 Å². The molecule has 0 spiro atoms. The van der Waals surface area contributed by atoms with E-state index in [-0.39, 0.29) is 11.9 Å². The molecule has 170 valence electrons. The summed E-state index contributed by atoms with van der Waals surface area (Å²) >= 11 is 0. The monoisotopic (exact) mass is 433 g/mol. The second-order valence-corrected chi connectivity index (χ2v) is 8.36. The van der Waals surface area contributed by atoms with Crippen LogP contribution in [0.25, 0.3) is 6.08 Å². The molecule has 0 amide bonds. The van der Waals surface area contributed by atoms with Gasteiger partial charge in [-0.15, -0.1) is 11.7 Å². The number of benzene rings is 1. The lowest BCUT2D eigenvalue weighted by Crippen LogP contribution is -2.26. The maximum absolute atomic E-state index is 13.1. The fraction of sp³-hybridized carbons (Fsp3) is 0.444. The van der Waals surface area contributed by atoms with E-state index in [1.54, 1.807) is 17.1 Å². The lowest BCUT2D eigenvalue weighted by molar-refractivity contribution is -0.140. The standard InChI is InChI=1S/C27H35N3O2/c1-2-3-4-5-9-16-26(27(31)32-22-21-30-20-19-28-29-30)25-15-11-10-14-24(25)18-17-23-12-7-6-8-13-23/h2,6-8,12-13,16-20,24-25H,1,3-5,9-11,14-15,21-22H2/b18-17+,26-16+. The Labute approximate surface area is 191 Å². The number of unbranched alkanes of at least 4 members (excludes halogenated alkanes) is 3. The largest absolute Gasteiger partial charge is 0.460 e. The van der Waals surface area contributed by atoms with Crippen LogP contribution in [0.5, 0.6) is 0 Å². The molecule has 1 aliphatic carbocycles. The summed E-state index contributed by atoms with van der Waals surface area (Å²) in [7, 11) is 0. The van der Waals surface area contributed by atoms with E-state index in [0.717, 1.165) is 50.5 Å². The smallest absolute Gasteiger partial charge is 0.334 e. The van der Waals surface area contributed by atoms with Crippen LogP contribution in [0.15, 0.2) is 73.1 Å². The zero-order chi connectivity index (χ0) is 22.4. The van der Waals surface area contributed by atoms with Crippen molar-refractivity contribution >= 4 is 12.0 Å². The fourth-order valence-corrected chi connectivity index (χ4v) is 4.32. The van der Waals surface area contributed by atoms with Crippen molar-refractivity contribution in [3.05, 3.63) is 78.7 Å². The number of allylic oxidation sites excluding steroid dienone is 3. The molecule has 5 heteroatoms. The predicted octanol–water partition coefficient (Wildman–Crippen LogP) is 6.01. The summed E-state index contributed by atoms with van der Waals surface area (Å²) in [5.41, 5.74) is 2.05. The number of rotatable bonds is 12. The molecule has 1 aromatic heterocycles. The zero-order valence-corrected chi connectivity index (χ0v) is 18.9. The Bertz CT molecular complexity index is 872. The third-order valence-electron chi connectivity index (χ3n) is 6.04. The summed E-state index contributed by atoms with van der Waals surface area (Å²) in [4.78, 5) is 13.1. The van der Waals surface area contributed by atoms with E-state index in [1.807, 2.05) is 12.1 Å². The number of hydrogen-bond acceptors (Lipinski definition) is 4. The summed E-state index contributed by atoms with van der Waals surface area (Å²) in [5.74, 6) is 0.382. The lowest BCUT2D eigenvalue weighted by atomic mass is 9.74. The van der Waals surface area contributed by atoms with Crippen molar-refractivity contribution in [1.82, 2.24) is 15.0 Å². The van der Waals surface area contributed by atoms with Crippen LogP contribution in [-0.4, -0.2) is 27.6 Å². The van der Waals surface area contributed by atoms with E-state index >= 15 is 0 Å². The second kappa shape index (κ2) is 13.5. The first-order valence-electron chi connectivity index (χ1n) is 11.8. The SMILES string of the molecule is C=CCCCC/C=C(/C(=O)OCCn1ccnn1)C1CCCCC1/C=C/c1ccccc1. The van der Waals surface area contributed by atoms with Crippen LogP contribution in [-0.2, 0) is 16.1 Å². The molecular weight excluding hydrogens is 398 g/mol. The Hall–Kier alpha value is -2.95. The number of nitrogens with zero attached hydrogens (tertiary/aromatic N) is 3. The van der Waals surface area contributed by atoms with Crippen LogP contribution < -0.4 is 0 Å². The number of esters is 1. The van der Waals surface area contributed by atoms with Crippen LogP contribution in [0.1, 0.15) is 56.9 Å². The van der Waals surface area contributed by atoms with E-state index < -0.39 is 0 Å². The van der Waals surface area contributed by atoms with Crippen molar-refractivity contribution in [2.45, 2.75) is 57.9 Å². The normalized spacial score (nSPS) is 19.2. The average molecular weight is 434 g/mol. The van der Waals surface area contributed by atoms with Crippen molar-refractivity contribution in [2.75, 3.05) is 6.61 Å². The maximum Gasteiger partial charge on any atom is 0.334 e. The Balaban J connectivity index is 1.69. The van der Waals surface area contributed by atoms with Crippen molar-refractivity contribution in [2.24, 2.45) is 11.8 Å². The van der Waals surface area contributed by atoms with Crippen LogP contribution in [0.4, 0.5) is 0 Å². The number of carbonyl (C=O) groups is 1. The van der Waals surface area contributed by atoms with Gasteiger partial charge in [-0.2, -0.15) is 0 Å². The van der Waals surface area contributed by atoms with Gasteiger partial charge in [0.1, 0.15) is 6.61 Å². The van der Waals surface area contributed by atoms with Gasteiger partial charge in [-0.25, -0.2) is 9.48 Å². The Morgan fingerprint density at radius 1 is 1.16 bits per heavy atom. The van der Waals surface area contributed by atoms with E-state index in [4.69, 9.17) is 4.74 Å². The van der Waals surface area contributed by atoms with Gasteiger partial charge in [0.25, 0.3) is 0 Å². The quantitative estimate of drug-likeness (QED) is 0.178. The minimum Gasteiger partial charge on any atom is -0.460 e. The third-order valence-corrected chi connectivity index (χ3v) is 6.04. The molecule has 2 aromatic rings. The van der Waals surface area contributed by atoms with Crippen LogP contribution >= 0.6 is 0 Å². The Morgan fingerprint density at radius 3 is 2.75 bits per heavy atom. The molecule has 3 rings (SSSR count). The molecule has 32 heavy (non-hydrogen) atoms. The first kappa shape index (κ1) is 23.7. The van der Waals surface area contributed by atoms with Gasteiger partial charge in [0.05, 0.1) is 12.7 Å². The van der Waals surface area contributed by atoms with Gasteiger partial charge in [0.2, 0.25) is 0 Å². The minimum absolute atomic E-state index is 0.182. The van der Waals surface area contributed by atoms with Gasteiger partial charge in [-0.1, -0.05) is 72.7 Å². The van der Waals surface area contributed by atoms with Gasteiger partial charge >= 0.3 is 5.97 Å². The van der Waals surface area contributed by atoms with E-state index in [9.17, 15) is 4.79 Å². The molecule has 5 nitrogen and oxygen atoms in total. The van der Waals surface area contributed by atoms with Crippen LogP contribution in [0, 0.1) is 11.8 Å². The predicted molar refractivity (Wildman–Crippen MR) is 129 cm³/mol. The van der Waals surface area contributed by atoms with Crippen molar-refractivity contribution in [3.63, 3.8) is 0 Å². The van der Waals surface area contributed by atoms with E-state index in [1.165, 1.54) is 12.0 Å². The van der Waals surface area contributed by atoms with Gasteiger partial charge in [0, 0.05) is 11.8 Å². The molecule has 0 radical (unpaired) electrons. The highest BCUT2D eigenvalue weighted by molar-refractivity contribution is 5.89. The van der Waals surface area contributed by atoms with Gasteiger partial charge in [-0.3, -0.25) is 0 Å². The Morgan fingerprint density at radius 2 is 1.97 bits per heavy atom. The summed E-state index contributed by atoms with van der Waals surface area (Å²) in [5, 5.41) is 7.73.